The second kappa shape index (κ2) is 7.05. The molecule has 1 aromatic carbocycles. The molecule has 0 saturated carbocycles. The molecule has 0 spiro atoms. The topological polar surface area (TPSA) is 109 Å². The number of hydrazine groups is 1. The molecular formula is C16H24N2O5S2. The van der Waals surface area contributed by atoms with Gasteiger partial charge in [0, 0.05) is 6.42 Å². The van der Waals surface area contributed by atoms with E-state index in [0.29, 0.717) is 6.42 Å². The zero-order valence-corrected chi connectivity index (χ0v) is 16.2. The van der Waals surface area contributed by atoms with E-state index in [-0.39, 0.29) is 34.2 Å². The molecule has 9 heteroatoms. The van der Waals surface area contributed by atoms with Crippen molar-refractivity contribution in [2.75, 3.05) is 11.5 Å². The van der Waals surface area contributed by atoms with Crippen LogP contribution in [-0.2, 0) is 30.1 Å². The van der Waals surface area contributed by atoms with Crippen LogP contribution in [0.25, 0.3) is 0 Å². The van der Waals surface area contributed by atoms with Crippen molar-refractivity contribution in [1.29, 1.82) is 0 Å². The third-order valence-electron chi connectivity index (χ3n) is 4.16. The maximum absolute atomic E-state index is 12.2. The normalized spacial score (nSPS) is 20.4. The predicted molar refractivity (Wildman–Crippen MR) is 95.0 cm³/mol. The van der Waals surface area contributed by atoms with Gasteiger partial charge in [0.15, 0.2) is 9.84 Å². The highest BCUT2D eigenvalue weighted by atomic mass is 32.2. The molecule has 0 bridgehead atoms. The molecule has 2 N–H and O–H groups in total. The number of hydrogen-bond acceptors (Lipinski definition) is 5. The molecule has 0 radical (unpaired) electrons. The first-order valence-electron chi connectivity index (χ1n) is 8.01. The van der Waals surface area contributed by atoms with Crippen LogP contribution < -0.4 is 10.3 Å². The Balaban J connectivity index is 1.94. The van der Waals surface area contributed by atoms with E-state index in [0.717, 1.165) is 5.56 Å². The molecule has 7 nitrogen and oxygen atoms in total. The number of amides is 1. The summed E-state index contributed by atoms with van der Waals surface area (Å²) in [6.45, 7) is 6.08. The lowest BCUT2D eigenvalue weighted by atomic mass is 9.87. The molecule has 0 aromatic heterocycles. The number of sulfone groups is 1. The molecule has 1 amide bonds. The van der Waals surface area contributed by atoms with Gasteiger partial charge in [0.2, 0.25) is 5.91 Å². The standard InChI is InChI=1S/C16H24N2O5S2/c1-16(2,3)13-4-6-14(7-5-13)25(22,23)18-17-15(19)10-12-8-9-24(20,21)11-12/h4-7,12,18H,8-11H2,1-3H3,(H,17,19)/t12-/m0/s1. The summed E-state index contributed by atoms with van der Waals surface area (Å²) in [5, 5.41) is 0. The number of sulfonamides is 1. The molecule has 0 aliphatic carbocycles. The highest BCUT2D eigenvalue weighted by molar-refractivity contribution is 7.91. The van der Waals surface area contributed by atoms with E-state index < -0.39 is 25.8 Å². The van der Waals surface area contributed by atoms with Crippen LogP contribution in [0, 0.1) is 5.92 Å². The van der Waals surface area contributed by atoms with Crippen LogP contribution in [0.5, 0.6) is 0 Å². The van der Waals surface area contributed by atoms with Gasteiger partial charge in [-0.1, -0.05) is 32.9 Å². The minimum atomic E-state index is -3.87. The maximum atomic E-state index is 12.2. The summed E-state index contributed by atoms with van der Waals surface area (Å²) in [7, 11) is -6.94. The molecule has 1 aliphatic rings. The predicted octanol–water partition coefficient (Wildman–Crippen LogP) is 1.12. The lowest BCUT2D eigenvalue weighted by Crippen LogP contribution is -2.42. The summed E-state index contributed by atoms with van der Waals surface area (Å²) < 4.78 is 47.2. The Morgan fingerprint density at radius 2 is 1.80 bits per heavy atom. The van der Waals surface area contributed by atoms with Crippen molar-refractivity contribution in [3.05, 3.63) is 29.8 Å². The monoisotopic (exact) mass is 388 g/mol. The lowest BCUT2D eigenvalue weighted by Gasteiger charge is -2.19. The molecule has 1 fully saturated rings. The van der Waals surface area contributed by atoms with Crippen LogP contribution in [-0.4, -0.2) is 34.2 Å². The molecule has 140 valence electrons. The molecule has 1 atom stereocenters. The van der Waals surface area contributed by atoms with Crippen LogP contribution in [0.3, 0.4) is 0 Å². The third-order valence-corrected chi connectivity index (χ3v) is 7.26. The van der Waals surface area contributed by atoms with Gasteiger partial charge in [-0.3, -0.25) is 10.2 Å². The summed E-state index contributed by atoms with van der Waals surface area (Å²) in [5.41, 5.74) is 3.06. The molecule has 0 unspecified atom stereocenters. The van der Waals surface area contributed by atoms with Gasteiger partial charge in [0.1, 0.15) is 0 Å². The van der Waals surface area contributed by atoms with Crippen molar-refractivity contribution in [1.82, 2.24) is 10.3 Å². The van der Waals surface area contributed by atoms with Crippen LogP contribution >= 0.6 is 0 Å². The van der Waals surface area contributed by atoms with Gasteiger partial charge in [-0.2, -0.15) is 0 Å². The highest BCUT2D eigenvalue weighted by Gasteiger charge is 2.29. The van der Waals surface area contributed by atoms with Gasteiger partial charge in [-0.05, 0) is 35.4 Å². The van der Waals surface area contributed by atoms with Gasteiger partial charge in [0.05, 0.1) is 16.4 Å². The summed E-state index contributed by atoms with van der Waals surface area (Å²) in [6, 6.07) is 6.44. The Labute approximate surface area is 149 Å². The van der Waals surface area contributed by atoms with Crippen LogP contribution in [0.4, 0.5) is 0 Å². The van der Waals surface area contributed by atoms with Gasteiger partial charge in [0.25, 0.3) is 10.0 Å². The Morgan fingerprint density at radius 3 is 2.28 bits per heavy atom. The lowest BCUT2D eigenvalue weighted by molar-refractivity contribution is -0.122. The van der Waals surface area contributed by atoms with Crippen LogP contribution in [0.1, 0.15) is 39.2 Å². The van der Waals surface area contributed by atoms with Crippen LogP contribution in [0.2, 0.25) is 0 Å². The van der Waals surface area contributed by atoms with E-state index in [1.807, 2.05) is 20.8 Å². The van der Waals surface area contributed by atoms with Gasteiger partial charge >= 0.3 is 0 Å². The van der Waals surface area contributed by atoms with Crippen molar-refractivity contribution >= 4 is 25.8 Å². The van der Waals surface area contributed by atoms with E-state index in [1.54, 1.807) is 12.1 Å². The second-order valence-electron chi connectivity index (χ2n) is 7.40. The number of rotatable bonds is 5. The van der Waals surface area contributed by atoms with E-state index in [9.17, 15) is 21.6 Å². The fraction of sp³-hybridized carbons (Fsp3) is 0.562. The minimum absolute atomic E-state index is 0.0231. The average Bonchev–Trinajstić information content (AvgIpc) is 2.83. The summed E-state index contributed by atoms with van der Waals surface area (Å²) in [6.07, 6.45) is 0.404. The largest absolute Gasteiger partial charge is 0.278 e. The smallest absolute Gasteiger partial charge is 0.257 e. The van der Waals surface area contributed by atoms with Crippen molar-refractivity contribution < 1.29 is 21.6 Å². The molecule has 1 aliphatic heterocycles. The van der Waals surface area contributed by atoms with Crippen molar-refractivity contribution in [3.63, 3.8) is 0 Å². The first-order chi connectivity index (χ1) is 11.4. The number of nitrogens with one attached hydrogen (secondary N) is 2. The van der Waals surface area contributed by atoms with Gasteiger partial charge < -0.3 is 0 Å². The molecule has 2 rings (SSSR count). The molecule has 1 aromatic rings. The SMILES string of the molecule is CC(C)(C)c1ccc(S(=O)(=O)NNC(=O)C[C@@H]2CCS(=O)(=O)C2)cc1. The number of benzene rings is 1. The van der Waals surface area contributed by atoms with E-state index in [1.165, 1.54) is 12.1 Å². The fourth-order valence-corrected chi connectivity index (χ4v) is 5.39. The Bertz CT molecular complexity index is 838. The van der Waals surface area contributed by atoms with Crippen molar-refractivity contribution in [3.8, 4) is 0 Å². The van der Waals surface area contributed by atoms with Crippen molar-refractivity contribution in [2.24, 2.45) is 5.92 Å². The van der Waals surface area contributed by atoms with Gasteiger partial charge in [-0.25, -0.2) is 16.8 Å². The Hall–Kier alpha value is -1.45. The summed E-state index contributed by atoms with van der Waals surface area (Å²) in [4.78, 5) is 13.9. The molecular weight excluding hydrogens is 364 g/mol. The quantitative estimate of drug-likeness (QED) is 0.735. The van der Waals surface area contributed by atoms with Gasteiger partial charge in [-0.15, -0.1) is 4.83 Å². The Morgan fingerprint density at radius 1 is 1.20 bits per heavy atom. The van der Waals surface area contributed by atoms with E-state index >= 15 is 0 Å². The average molecular weight is 389 g/mol. The number of carbonyl (C=O) groups excluding carboxylic acids is 1. The first-order valence-corrected chi connectivity index (χ1v) is 11.3. The number of carbonyl (C=O) groups is 1. The van der Waals surface area contributed by atoms with E-state index in [2.05, 4.69) is 10.3 Å². The fourth-order valence-electron chi connectivity index (χ4n) is 2.66. The zero-order chi connectivity index (χ0) is 18.9. The molecule has 1 saturated heterocycles. The Kier molecular flexibility index (Phi) is 5.60. The van der Waals surface area contributed by atoms with Crippen molar-refractivity contribution in [2.45, 2.75) is 43.9 Å². The maximum Gasteiger partial charge on any atom is 0.257 e. The summed E-state index contributed by atoms with van der Waals surface area (Å²) in [5.74, 6) is -0.754. The summed E-state index contributed by atoms with van der Waals surface area (Å²) >= 11 is 0. The zero-order valence-electron chi connectivity index (χ0n) is 14.6. The minimum Gasteiger partial charge on any atom is -0.278 e. The number of hydrogen-bond donors (Lipinski definition) is 2. The van der Waals surface area contributed by atoms with Crippen LogP contribution in [0.15, 0.2) is 29.2 Å². The van der Waals surface area contributed by atoms with E-state index in [4.69, 9.17) is 0 Å². The third kappa shape index (κ3) is 5.52. The second-order valence-corrected chi connectivity index (χ2v) is 11.3. The molecule has 25 heavy (non-hydrogen) atoms. The first kappa shape index (κ1) is 19.9. The molecule has 1 heterocycles. The highest BCUT2D eigenvalue weighted by Crippen LogP contribution is 2.23.